The lowest BCUT2D eigenvalue weighted by Gasteiger charge is -2.37. The Kier molecular flexibility index (Phi) is 5.76. The second-order valence-corrected chi connectivity index (χ2v) is 7.18. The third-order valence-electron chi connectivity index (χ3n) is 5.13. The zero-order chi connectivity index (χ0) is 23.0. The van der Waals surface area contributed by atoms with Gasteiger partial charge in [-0.05, 0) is 43.2 Å². The zero-order valence-corrected chi connectivity index (χ0v) is 16.6. The van der Waals surface area contributed by atoms with Gasteiger partial charge in [0.05, 0.1) is 5.69 Å². The van der Waals surface area contributed by atoms with Crippen LogP contribution in [0, 0.1) is 5.82 Å². The Bertz CT molecular complexity index is 1190. The molecule has 4 rings (SSSR count). The van der Waals surface area contributed by atoms with Crippen LogP contribution < -0.4 is 4.74 Å². The number of amides is 1. The normalized spacial score (nSPS) is 15.9. The quantitative estimate of drug-likeness (QED) is 0.525. The molecule has 0 atom stereocenters. The first-order valence-electron chi connectivity index (χ1n) is 9.42. The third-order valence-corrected chi connectivity index (χ3v) is 5.13. The molecule has 1 amide bonds. The van der Waals surface area contributed by atoms with E-state index < -0.39 is 36.2 Å². The second kappa shape index (κ2) is 8.52. The van der Waals surface area contributed by atoms with E-state index in [-0.39, 0.29) is 17.4 Å². The fraction of sp³-hybridized carbons (Fsp3) is 0.300. The van der Waals surface area contributed by atoms with Gasteiger partial charge in [-0.2, -0.15) is 23.4 Å². The van der Waals surface area contributed by atoms with E-state index >= 15 is 0 Å². The van der Waals surface area contributed by atoms with Crippen molar-refractivity contribution < 1.29 is 31.5 Å². The average Bonchev–Trinajstić information content (AvgIpc) is 3.19. The number of carbonyl (C=O) groups excluding carboxylic acids is 1. The van der Waals surface area contributed by atoms with Crippen LogP contribution in [0.4, 0.5) is 22.0 Å². The van der Waals surface area contributed by atoms with E-state index in [1.165, 1.54) is 34.9 Å². The lowest BCUT2D eigenvalue weighted by molar-refractivity contribution is -0.0522. The van der Waals surface area contributed by atoms with Gasteiger partial charge in [0.25, 0.3) is 18.1 Å². The summed E-state index contributed by atoms with van der Waals surface area (Å²) in [6, 6.07) is 4.02. The molecule has 0 N–H and O–H groups in total. The van der Waals surface area contributed by atoms with Gasteiger partial charge in [-0.25, -0.2) is 18.2 Å². The summed E-state index contributed by atoms with van der Waals surface area (Å²) in [7, 11) is 1.54. The second-order valence-electron chi connectivity index (χ2n) is 7.18. The Labute approximate surface area is 178 Å². The predicted molar refractivity (Wildman–Crippen MR) is 102 cm³/mol. The Hall–Kier alpha value is -3.57. The zero-order valence-electron chi connectivity index (χ0n) is 16.6. The number of rotatable bonds is 6. The van der Waals surface area contributed by atoms with E-state index in [0.29, 0.717) is 18.5 Å². The van der Waals surface area contributed by atoms with Crippen LogP contribution in [0.3, 0.4) is 0 Å². The Morgan fingerprint density at radius 3 is 2.69 bits per heavy atom. The van der Waals surface area contributed by atoms with Gasteiger partial charge >= 0.3 is 6.61 Å². The number of alkyl halides is 4. The van der Waals surface area contributed by atoms with E-state index in [2.05, 4.69) is 19.8 Å². The van der Waals surface area contributed by atoms with Gasteiger partial charge in [-0.15, -0.1) is 0 Å². The molecule has 0 aliphatic heterocycles. The number of nitrogens with zero attached hydrogens (tertiary/aromatic N) is 5. The summed E-state index contributed by atoms with van der Waals surface area (Å²) in [6.07, 6.45) is 1.07. The van der Waals surface area contributed by atoms with E-state index in [9.17, 15) is 26.7 Å². The molecule has 1 aliphatic carbocycles. The summed E-state index contributed by atoms with van der Waals surface area (Å²) in [4.78, 5) is 21.7. The van der Waals surface area contributed by atoms with Crippen LogP contribution >= 0.6 is 0 Å². The smallest absolute Gasteiger partial charge is 0.387 e. The molecule has 0 unspecified atom stereocenters. The first kappa shape index (κ1) is 21.7. The number of ether oxygens (including phenoxy) is 1. The van der Waals surface area contributed by atoms with Crippen molar-refractivity contribution in [2.24, 2.45) is 0 Å². The molecule has 1 fully saturated rings. The van der Waals surface area contributed by atoms with Crippen LogP contribution in [0.2, 0.25) is 0 Å². The molecule has 168 valence electrons. The summed E-state index contributed by atoms with van der Waals surface area (Å²) >= 11 is 0. The molecule has 0 radical (unpaired) electrons. The van der Waals surface area contributed by atoms with Crippen molar-refractivity contribution in [1.82, 2.24) is 24.5 Å². The van der Waals surface area contributed by atoms with Crippen LogP contribution in [0.25, 0.3) is 11.9 Å². The molecule has 1 aliphatic rings. The maximum absolute atomic E-state index is 13.6. The number of carbonyl (C=O) groups is 1. The van der Waals surface area contributed by atoms with Crippen molar-refractivity contribution in [3.8, 4) is 5.75 Å². The van der Waals surface area contributed by atoms with E-state index in [0.717, 1.165) is 17.7 Å². The Morgan fingerprint density at radius 2 is 2.00 bits per heavy atom. The number of fused-ring (bicyclic) bond motifs is 1. The largest absolute Gasteiger partial charge is 0.432 e. The first-order chi connectivity index (χ1) is 15.2. The standard InChI is InChI=1S/C20H16F5N5O2/c1-29(18(31)11-2-3-14(21)16(7-11)32-19(24)25)12-4-10(5-12)6-13-8-15(17(22)23)28-20-26-9-27-30(13)20/h2-3,6-9,12,17,19H,4-5H2,1H3. The van der Waals surface area contributed by atoms with Gasteiger partial charge in [-0.3, -0.25) is 4.79 Å². The van der Waals surface area contributed by atoms with E-state index in [1.807, 2.05) is 0 Å². The average molecular weight is 453 g/mol. The van der Waals surface area contributed by atoms with Gasteiger partial charge in [0.1, 0.15) is 12.0 Å². The summed E-state index contributed by atoms with van der Waals surface area (Å²) in [5, 5.41) is 3.98. The van der Waals surface area contributed by atoms with Crippen LogP contribution in [-0.4, -0.2) is 50.1 Å². The maximum atomic E-state index is 13.6. The highest BCUT2D eigenvalue weighted by atomic mass is 19.3. The van der Waals surface area contributed by atoms with Crippen LogP contribution in [0.1, 0.15) is 41.0 Å². The first-order valence-corrected chi connectivity index (χ1v) is 9.42. The van der Waals surface area contributed by atoms with Crippen molar-refractivity contribution in [3.05, 3.63) is 58.9 Å². The Morgan fingerprint density at radius 1 is 1.25 bits per heavy atom. The van der Waals surface area contributed by atoms with Gasteiger partial charge in [0.2, 0.25) is 0 Å². The van der Waals surface area contributed by atoms with Crippen LogP contribution in [0.15, 0.2) is 36.2 Å². The third kappa shape index (κ3) is 4.25. The molecule has 2 heterocycles. The molecule has 1 aromatic carbocycles. The minimum absolute atomic E-state index is 0.00186. The SMILES string of the molecule is CN(C(=O)c1ccc(F)c(OC(F)F)c1)C1CC(=Cc2cc(C(F)F)nc3ncnn23)C1. The highest BCUT2D eigenvalue weighted by Gasteiger charge is 2.31. The highest BCUT2D eigenvalue weighted by molar-refractivity contribution is 5.94. The van der Waals surface area contributed by atoms with E-state index in [4.69, 9.17) is 0 Å². The lowest BCUT2D eigenvalue weighted by Crippen LogP contribution is -2.42. The van der Waals surface area contributed by atoms with Crippen LogP contribution in [-0.2, 0) is 0 Å². The van der Waals surface area contributed by atoms with Gasteiger partial charge in [-0.1, -0.05) is 5.57 Å². The highest BCUT2D eigenvalue weighted by Crippen LogP contribution is 2.33. The molecule has 0 spiro atoms. The van der Waals surface area contributed by atoms with E-state index in [1.54, 1.807) is 6.08 Å². The summed E-state index contributed by atoms with van der Waals surface area (Å²) < 4.78 is 70.0. The molecule has 0 bridgehead atoms. The monoisotopic (exact) mass is 453 g/mol. The molecular weight excluding hydrogens is 437 g/mol. The fourth-order valence-electron chi connectivity index (χ4n) is 3.41. The number of aromatic nitrogens is 4. The van der Waals surface area contributed by atoms with Gasteiger partial charge in [0.15, 0.2) is 11.6 Å². The predicted octanol–water partition coefficient (Wildman–Crippen LogP) is 4.12. The summed E-state index contributed by atoms with van der Waals surface area (Å²) in [5.41, 5.74) is 0.858. The van der Waals surface area contributed by atoms with Crippen molar-refractivity contribution in [1.29, 1.82) is 0 Å². The van der Waals surface area contributed by atoms with Crippen LogP contribution in [0.5, 0.6) is 5.75 Å². The van der Waals surface area contributed by atoms with Crippen molar-refractivity contribution in [2.75, 3.05) is 7.05 Å². The molecule has 0 saturated heterocycles. The molecular formula is C20H16F5N5O2. The topological polar surface area (TPSA) is 72.6 Å². The van der Waals surface area contributed by atoms with Crippen molar-refractivity contribution in [2.45, 2.75) is 31.9 Å². The number of halogens is 5. The molecule has 7 nitrogen and oxygen atoms in total. The number of hydrogen-bond donors (Lipinski definition) is 0. The van der Waals surface area contributed by atoms with Gasteiger partial charge < -0.3 is 9.64 Å². The minimum atomic E-state index is -3.22. The fourth-order valence-corrected chi connectivity index (χ4v) is 3.41. The molecule has 3 aromatic rings. The molecule has 2 aromatic heterocycles. The number of hydrogen-bond acceptors (Lipinski definition) is 5. The summed E-state index contributed by atoms with van der Waals surface area (Å²) in [6.45, 7) is -3.22. The molecule has 32 heavy (non-hydrogen) atoms. The van der Waals surface area contributed by atoms with Crippen molar-refractivity contribution >= 4 is 17.8 Å². The molecule has 12 heteroatoms. The Balaban J connectivity index is 1.48. The lowest BCUT2D eigenvalue weighted by atomic mass is 9.84. The molecule has 1 saturated carbocycles. The summed E-state index contributed by atoms with van der Waals surface area (Å²) in [5.74, 6) is -2.15. The minimum Gasteiger partial charge on any atom is -0.432 e. The maximum Gasteiger partial charge on any atom is 0.387 e. The van der Waals surface area contributed by atoms with Crippen molar-refractivity contribution in [3.63, 3.8) is 0 Å². The number of benzene rings is 1. The van der Waals surface area contributed by atoms with Gasteiger partial charge in [0, 0.05) is 18.7 Å².